The summed E-state index contributed by atoms with van der Waals surface area (Å²) in [6.07, 6.45) is 3.38. The molecule has 2 aliphatic rings. The van der Waals surface area contributed by atoms with Crippen LogP contribution in [-0.4, -0.2) is 52.8 Å². The van der Waals surface area contributed by atoms with Crippen LogP contribution in [0.15, 0.2) is 0 Å². The molecule has 23 heavy (non-hydrogen) atoms. The molecule has 2 atom stereocenters. The van der Waals surface area contributed by atoms with E-state index >= 15 is 0 Å². The van der Waals surface area contributed by atoms with Crippen LogP contribution in [0.25, 0.3) is 0 Å². The van der Waals surface area contributed by atoms with E-state index in [9.17, 15) is 14.7 Å². The van der Waals surface area contributed by atoms with Crippen LogP contribution in [0.4, 0.5) is 4.79 Å². The Bertz CT molecular complexity index is 452. The van der Waals surface area contributed by atoms with Gasteiger partial charge in [0.1, 0.15) is 5.60 Å². The summed E-state index contributed by atoms with van der Waals surface area (Å²) in [6, 6.07) is 0. The van der Waals surface area contributed by atoms with E-state index < -0.39 is 17.1 Å². The Morgan fingerprint density at radius 1 is 1.30 bits per heavy atom. The number of nitrogens with zero attached hydrogens (tertiary/aromatic N) is 1. The number of hydrogen-bond acceptors (Lipinski definition) is 4. The molecule has 0 radical (unpaired) electrons. The van der Waals surface area contributed by atoms with Crippen molar-refractivity contribution in [3.05, 3.63) is 0 Å². The second-order valence-electron chi connectivity index (χ2n) is 8.24. The average molecular weight is 326 g/mol. The summed E-state index contributed by atoms with van der Waals surface area (Å²) in [6.45, 7) is 9.37. The highest BCUT2D eigenvalue weighted by Gasteiger charge is 2.48. The van der Waals surface area contributed by atoms with Crippen molar-refractivity contribution in [3.8, 4) is 0 Å². The van der Waals surface area contributed by atoms with Crippen LogP contribution in [0.1, 0.15) is 53.4 Å². The maximum atomic E-state index is 12.1. The molecule has 0 spiro atoms. The van der Waals surface area contributed by atoms with Gasteiger partial charge < -0.3 is 20.1 Å². The van der Waals surface area contributed by atoms with E-state index in [0.717, 1.165) is 6.54 Å². The van der Waals surface area contributed by atoms with Crippen molar-refractivity contribution in [2.45, 2.75) is 64.5 Å². The van der Waals surface area contributed by atoms with Crippen molar-refractivity contribution < 1.29 is 19.4 Å². The van der Waals surface area contributed by atoms with Crippen LogP contribution in [0.2, 0.25) is 0 Å². The highest BCUT2D eigenvalue weighted by atomic mass is 16.6. The molecule has 2 rings (SSSR count). The molecule has 1 aliphatic heterocycles. The van der Waals surface area contributed by atoms with Crippen molar-refractivity contribution >= 4 is 12.1 Å². The molecule has 0 aromatic rings. The smallest absolute Gasteiger partial charge is 0.410 e. The predicted octanol–water partition coefficient (Wildman–Crippen LogP) is 2.48. The minimum Gasteiger partial charge on any atom is -0.481 e. The molecule has 0 aromatic heterocycles. The van der Waals surface area contributed by atoms with Crippen molar-refractivity contribution in [1.82, 2.24) is 10.2 Å². The number of likely N-dealkylation sites (tertiary alicyclic amines) is 1. The number of amides is 1. The summed E-state index contributed by atoms with van der Waals surface area (Å²) < 4.78 is 5.35. The largest absolute Gasteiger partial charge is 0.481 e. The Hall–Kier alpha value is -1.30. The van der Waals surface area contributed by atoms with E-state index in [1.54, 1.807) is 4.90 Å². The normalized spacial score (nSPS) is 26.7. The van der Waals surface area contributed by atoms with Crippen LogP contribution in [-0.2, 0) is 9.53 Å². The lowest BCUT2D eigenvalue weighted by Crippen LogP contribution is -2.71. The number of carbonyl (C=O) groups excluding carboxylic acids is 1. The van der Waals surface area contributed by atoms with Gasteiger partial charge in [0.2, 0.25) is 0 Å². The predicted molar refractivity (Wildman–Crippen MR) is 87.3 cm³/mol. The topological polar surface area (TPSA) is 78.9 Å². The minimum atomic E-state index is -0.833. The van der Waals surface area contributed by atoms with Crippen LogP contribution in [0.3, 0.4) is 0 Å². The molecule has 2 N–H and O–H groups in total. The standard InChI is InChI=1S/C17H30N2O4/c1-12-6-5-7-13(12)9-18-17(8-14(20)21)10-19(11-17)15(22)23-16(2,3)4/h12-13,18H,5-11H2,1-4H3,(H,20,21). The molecule has 1 aliphatic carbocycles. The van der Waals surface area contributed by atoms with Gasteiger partial charge in [0.05, 0.1) is 12.0 Å². The molecule has 1 saturated heterocycles. The first-order chi connectivity index (χ1) is 10.6. The number of nitrogens with one attached hydrogen (secondary N) is 1. The van der Waals surface area contributed by atoms with Crippen LogP contribution in [0.5, 0.6) is 0 Å². The summed E-state index contributed by atoms with van der Waals surface area (Å²) in [5.74, 6) is 0.462. The first-order valence-electron chi connectivity index (χ1n) is 8.55. The fourth-order valence-electron chi connectivity index (χ4n) is 3.59. The molecule has 6 heteroatoms. The number of carbonyl (C=O) groups is 2. The average Bonchev–Trinajstić information content (AvgIpc) is 2.74. The Labute approximate surface area is 138 Å². The van der Waals surface area contributed by atoms with E-state index in [1.807, 2.05) is 20.8 Å². The summed E-state index contributed by atoms with van der Waals surface area (Å²) >= 11 is 0. The lowest BCUT2D eigenvalue weighted by atomic mass is 9.85. The van der Waals surface area contributed by atoms with E-state index in [1.165, 1.54) is 19.3 Å². The van der Waals surface area contributed by atoms with Gasteiger partial charge in [-0.05, 0) is 45.6 Å². The lowest BCUT2D eigenvalue weighted by molar-refractivity contribution is -0.141. The summed E-state index contributed by atoms with van der Waals surface area (Å²) in [7, 11) is 0. The number of ether oxygens (including phenoxy) is 1. The number of rotatable bonds is 5. The molecule has 132 valence electrons. The maximum absolute atomic E-state index is 12.1. The third-order valence-corrected chi connectivity index (χ3v) is 4.91. The zero-order chi connectivity index (χ0) is 17.3. The molecule has 0 bridgehead atoms. The van der Waals surface area contributed by atoms with Gasteiger partial charge in [-0.25, -0.2) is 4.79 Å². The molecule has 0 aromatic carbocycles. The van der Waals surface area contributed by atoms with Gasteiger partial charge in [0.15, 0.2) is 0 Å². The highest BCUT2D eigenvalue weighted by Crippen LogP contribution is 2.32. The van der Waals surface area contributed by atoms with Gasteiger partial charge in [0, 0.05) is 13.1 Å². The number of carboxylic acids is 1. The first-order valence-corrected chi connectivity index (χ1v) is 8.55. The van der Waals surface area contributed by atoms with Crippen molar-refractivity contribution in [1.29, 1.82) is 0 Å². The quantitative estimate of drug-likeness (QED) is 0.811. The minimum absolute atomic E-state index is 0.0351. The Kier molecular flexibility index (Phi) is 5.23. The van der Waals surface area contributed by atoms with Gasteiger partial charge in [0.25, 0.3) is 0 Å². The van der Waals surface area contributed by atoms with Gasteiger partial charge in [-0.15, -0.1) is 0 Å². The van der Waals surface area contributed by atoms with Crippen LogP contribution >= 0.6 is 0 Å². The zero-order valence-electron chi connectivity index (χ0n) is 14.7. The van der Waals surface area contributed by atoms with Crippen molar-refractivity contribution in [2.75, 3.05) is 19.6 Å². The van der Waals surface area contributed by atoms with E-state index in [2.05, 4.69) is 12.2 Å². The third-order valence-electron chi connectivity index (χ3n) is 4.91. The zero-order valence-corrected chi connectivity index (χ0v) is 14.7. The fourth-order valence-corrected chi connectivity index (χ4v) is 3.59. The Morgan fingerprint density at radius 3 is 2.43 bits per heavy atom. The molecule has 2 fully saturated rings. The number of carboxylic acid groups (broad SMARTS) is 1. The lowest BCUT2D eigenvalue weighted by Gasteiger charge is -2.50. The first kappa shape index (κ1) is 18.0. The fraction of sp³-hybridized carbons (Fsp3) is 0.882. The molecular weight excluding hydrogens is 296 g/mol. The van der Waals surface area contributed by atoms with Crippen molar-refractivity contribution in [3.63, 3.8) is 0 Å². The maximum Gasteiger partial charge on any atom is 0.410 e. The third kappa shape index (κ3) is 4.83. The van der Waals surface area contributed by atoms with Gasteiger partial charge in [-0.3, -0.25) is 4.79 Å². The SMILES string of the molecule is CC1CCCC1CNC1(CC(=O)O)CN(C(=O)OC(C)(C)C)C1. The Morgan fingerprint density at radius 2 is 1.96 bits per heavy atom. The number of aliphatic carboxylic acids is 1. The van der Waals surface area contributed by atoms with E-state index in [-0.39, 0.29) is 12.5 Å². The van der Waals surface area contributed by atoms with Crippen LogP contribution < -0.4 is 5.32 Å². The molecule has 2 unspecified atom stereocenters. The van der Waals surface area contributed by atoms with Gasteiger partial charge in [-0.1, -0.05) is 19.8 Å². The molecule has 1 saturated carbocycles. The monoisotopic (exact) mass is 326 g/mol. The second-order valence-corrected chi connectivity index (χ2v) is 8.24. The highest BCUT2D eigenvalue weighted by molar-refractivity contribution is 5.73. The summed E-state index contributed by atoms with van der Waals surface area (Å²) in [5.41, 5.74) is -1.04. The summed E-state index contributed by atoms with van der Waals surface area (Å²) in [5, 5.41) is 12.6. The molecular formula is C17H30N2O4. The van der Waals surface area contributed by atoms with Crippen LogP contribution in [0, 0.1) is 11.8 Å². The second kappa shape index (κ2) is 6.67. The van der Waals surface area contributed by atoms with Gasteiger partial charge in [-0.2, -0.15) is 0 Å². The summed E-state index contributed by atoms with van der Waals surface area (Å²) in [4.78, 5) is 24.8. The van der Waals surface area contributed by atoms with E-state index in [0.29, 0.717) is 24.9 Å². The molecule has 6 nitrogen and oxygen atoms in total. The van der Waals surface area contributed by atoms with E-state index in [4.69, 9.17) is 4.74 Å². The van der Waals surface area contributed by atoms with Crippen molar-refractivity contribution in [2.24, 2.45) is 11.8 Å². The Balaban J connectivity index is 1.89. The molecule has 1 heterocycles. The number of hydrogen-bond donors (Lipinski definition) is 2. The molecule has 1 amide bonds. The van der Waals surface area contributed by atoms with Gasteiger partial charge >= 0.3 is 12.1 Å².